The van der Waals surface area contributed by atoms with Gasteiger partial charge in [0.2, 0.25) is 0 Å². The van der Waals surface area contributed by atoms with Crippen molar-refractivity contribution in [2.75, 3.05) is 27.4 Å². The molecule has 2 heterocycles. The summed E-state index contributed by atoms with van der Waals surface area (Å²) >= 11 is 0. The number of carbonyl (C=O) groups excluding carboxylic acids is 3. The van der Waals surface area contributed by atoms with E-state index in [1.54, 1.807) is 39.8 Å². The zero-order chi connectivity index (χ0) is 40.0. The molecular formula is C39H63NO13. The number of nitrogens with zero attached hydrogens (tertiary/aromatic N) is 1. The van der Waals surface area contributed by atoms with E-state index in [1.165, 1.54) is 27.9 Å². The van der Waals surface area contributed by atoms with Gasteiger partial charge in [0.25, 0.3) is 0 Å². The van der Waals surface area contributed by atoms with Crippen LogP contribution < -0.4 is 4.74 Å². The van der Waals surface area contributed by atoms with Gasteiger partial charge >= 0.3 is 5.97 Å². The van der Waals surface area contributed by atoms with E-state index >= 15 is 0 Å². The van der Waals surface area contributed by atoms with E-state index in [4.69, 9.17) is 28.8 Å². The number of hydrogen-bond acceptors (Lipinski definition) is 14. The molecule has 0 spiro atoms. The number of aliphatic hydroxyl groups excluding tert-OH is 4. The molecule has 14 heteroatoms. The lowest BCUT2D eigenvalue weighted by molar-refractivity contribution is -0.302. The lowest BCUT2D eigenvalue weighted by Crippen LogP contribution is -2.60. The second-order valence-electron chi connectivity index (χ2n) is 15.7. The van der Waals surface area contributed by atoms with E-state index in [-0.39, 0.29) is 31.3 Å². The summed E-state index contributed by atoms with van der Waals surface area (Å²) in [5.41, 5.74) is -2.32. The molecule has 0 bridgehead atoms. The van der Waals surface area contributed by atoms with Crippen molar-refractivity contribution >= 4 is 17.5 Å². The molecule has 14 nitrogen and oxygen atoms in total. The summed E-state index contributed by atoms with van der Waals surface area (Å²) in [5.74, 6) is -4.75. The fraction of sp³-hybridized carbons (Fsp3) is 0.769. The van der Waals surface area contributed by atoms with Crippen LogP contribution in [0.5, 0.6) is 5.75 Å². The molecule has 0 amide bonds. The van der Waals surface area contributed by atoms with Gasteiger partial charge in [-0.2, -0.15) is 0 Å². The molecular weight excluding hydrogens is 690 g/mol. The molecule has 302 valence electrons. The molecule has 3 rings (SSSR count). The third-order valence-electron chi connectivity index (χ3n) is 11.4. The molecule has 1 aromatic rings. The van der Waals surface area contributed by atoms with Crippen LogP contribution in [0, 0.1) is 23.7 Å². The predicted octanol–water partition coefficient (Wildman–Crippen LogP) is 2.03. The molecule has 0 aliphatic carbocycles. The number of Topliss-reactive ketones (excluding diaryl/α,β-unsaturated/α-hetero) is 2. The van der Waals surface area contributed by atoms with E-state index in [2.05, 4.69) is 0 Å². The van der Waals surface area contributed by atoms with E-state index in [9.17, 15) is 34.8 Å². The van der Waals surface area contributed by atoms with Gasteiger partial charge in [0.05, 0.1) is 35.9 Å². The molecule has 2 saturated heterocycles. The van der Waals surface area contributed by atoms with Crippen molar-refractivity contribution in [1.82, 2.24) is 4.90 Å². The standard InChI is InChI=1S/C39H63NO13/c1-11-30-39(8,48)34(46)23(4)31(43)21(2)17-38(7,49-10)35(24(5)32(44)25(6)36(47)52-30)53-37-33(45)29(16-22(3)51-37)40(9)18-26-12-14-28(15-13-26)50-20-27(42)19-41/h12-15,21-25,29-30,32-35,37,41,44-46,48H,11,16-20H2,1-10H3/t21-,22-,23+,24+,25-,29+,30?,32-,33-,34-,35-,37?,38+,39-/m1/s1. The molecule has 1 aromatic carbocycles. The first kappa shape index (κ1) is 44.9. The van der Waals surface area contributed by atoms with E-state index < -0.39 is 96.1 Å². The smallest absolute Gasteiger partial charge is 0.311 e. The van der Waals surface area contributed by atoms with E-state index in [1.807, 2.05) is 31.0 Å². The van der Waals surface area contributed by atoms with Gasteiger partial charge in [0.1, 0.15) is 42.6 Å². The molecule has 0 radical (unpaired) electrons. The summed E-state index contributed by atoms with van der Waals surface area (Å²) in [4.78, 5) is 40.7. The van der Waals surface area contributed by atoms with Gasteiger partial charge in [-0.25, -0.2) is 0 Å². The number of hydrogen-bond donors (Lipinski definition) is 5. The minimum Gasteiger partial charge on any atom is -0.486 e. The lowest BCUT2D eigenvalue weighted by atomic mass is 9.74. The first-order chi connectivity index (χ1) is 24.7. The molecule has 2 fully saturated rings. The third-order valence-corrected chi connectivity index (χ3v) is 11.4. The highest BCUT2D eigenvalue weighted by Gasteiger charge is 2.52. The van der Waals surface area contributed by atoms with Crippen LogP contribution in [0.15, 0.2) is 24.3 Å². The van der Waals surface area contributed by atoms with Crippen LogP contribution in [0.4, 0.5) is 0 Å². The van der Waals surface area contributed by atoms with Crippen molar-refractivity contribution in [2.45, 2.75) is 141 Å². The first-order valence-corrected chi connectivity index (χ1v) is 18.6. The van der Waals surface area contributed by atoms with E-state index in [0.29, 0.717) is 18.7 Å². The second kappa shape index (κ2) is 18.9. The summed E-state index contributed by atoms with van der Waals surface area (Å²) in [7, 11) is 3.33. The number of likely N-dealkylation sites (N-methyl/N-ethyl adjacent to an activating group) is 1. The van der Waals surface area contributed by atoms with Crippen LogP contribution in [0.1, 0.15) is 80.2 Å². The zero-order valence-electron chi connectivity index (χ0n) is 32.9. The van der Waals surface area contributed by atoms with Crippen molar-refractivity contribution < 1.29 is 63.6 Å². The SMILES string of the molecule is CCC1OC(=O)[C@H](C)[C@H](O)[C@H](C)[C@@H](OC2O[C@H](C)C[C@H](N(C)Cc3ccc(OCC(=O)CO)cc3)[C@H]2O)[C@@](C)(OC)C[C@@H](C)C(=O)[C@H](C)[C@@H](O)[C@]1(C)O. The quantitative estimate of drug-likeness (QED) is 0.206. The van der Waals surface area contributed by atoms with Crippen LogP contribution in [0.25, 0.3) is 0 Å². The molecule has 0 saturated carbocycles. The van der Waals surface area contributed by atoms with Crippen molar-refractivity contribution in [3.05, 3.63) is 29.8 Å². The average molecular weight is 754 g/mol. The average Bonchev–Trinajstić information content (AvgIpc) is 3.13. The number of benzene rings is 1. The van der Waals surface area contributed by atoms with Crippen LogP contribution in [0.3, 0.4) is 0 Å². The molecule has 2 aliphatic heterocycles. The Morgan fingerprint density at radius 2 is 1.62 bits per heavy atom. The van der Waals surface area contributed by atoms with Crippen molar-refractivity contribution in [3.8, 4) is 5.75 Å². The topological polar surface area (TPSA) is 202 Å². The number of ketones is 2. The monoisotopic (exact) mass is 753 g/mol. The Hall–Kier alpha value is -2.53. The van der Waals surface area contributed by atoms with Crippen molar-refractivity contribution in [3.63, 3.8) is 0 Å². The number of ether oxygens (including phenoxy) is 5. The Morgan fingerprint density at radius 3 is 2.19 bits per heavy atom. The number of cyclic esters (lactones) is 1. The summed E-state index contributed by atoms with van der Waals surface area (Å²) in [6.45, 7) is 12.7. The van der Waals surface area contributed by atoms with Crippen LogP contribution >= 0.6 is 0 Å². The Balaban J connectivity index is 1.93. The minimum absolute atomic E-state index is 0.0782. The summed E-state index contributed by atoms with van der Waals surface area (Å²) in [6.07, 6.45) is -7.09. The second-order valence-corrected chi connectivity index (χ2v) is 15.7. The molecule has 14 atom stereocenters. The summed E-state index contributed by atoms with van der Waals surface area (Å²) in [6, 6.07) is 6.72. The third kappa shape index (κ3) is 10.6. The van der Waals surface area contributed by atoms with Gasteiger partial charge in [-0.3, -0.25) is 19.3 Å². The van der Waals surface area contributed by atoms with Gasteiger partial charge in [-0.15, -0.1) is 0 Å². The largest absolute Gasteiger partial charge is 0.486 e. The Morgan fingerprint density at radius 1 is 1.00 bits per heavy atom. The highest BCUT2D eigenvalue weighted by atomic mass is 16.7. The molecule has 0 aromatic heterocycles. The Labute approximate surface area is 313 Å². The molecule has 53 heavy (non-hydrogen) atoms. The predicted molar refractivity (Wildman–Crippen MR) is 194 cm³/mol. The number of esters is 1. The van der Waals surface area contributed by atoms with Crippen LogP contribution in [-0.4, -0.2) is 135 Å². The normalized spacial score (nSPS) is 39.3. The van der Waals surface area contributed by atoms with Gasteiger partial charge in [0, 0.05) is 37.5 Å². The number of carbonyl (C=O) groups is 3. The van der Waals surface area contributed by atoms with Gasteiger partial charge in [-0.1, -0.05) is 39.8 Å². The molecule has 5 N–H and O–H groups in total. The molecule has 2 unspecified atom stereocenters. The summed E-state index contributed by atoms with van der Waals surface area (Å²) < 4.78 is 30.0. The van der Waals surface area contributed by atoms with E-state index in [0.717, 1.165) is 5.56 Å². The maximum atomic E-state index is 13.8. The number of rotatable bonds is 11. The summed E-state index contributed by atoms with van der Waals surface area (Å²) in [5, 5.41) is 55.1. The number of methoxy groups -OCH3 is 1. The first-order valence-electron chi connectivity index (χ1n) is 18.6. The maximum absolute atomic E-state index is 13.8. The Bertz CT molecular complexity index is 1360. The maximum Gasteiger partial charge on any atom is 0.311 e. The zero-order valence-corrected chi connectivity index (χ0v) is 32.9. The van der Waals surface area contributed by atoms with Crippen molar-refractivity contribution in [1.29, 1.82) is 0 Å². The molecule has 2 aliphatic rings. The fourth-order valence-corrected chi connectivity index (χ4v) is 7.82. The van der Waals surface area contributed by atoms with Gasteiger partial charge < -0.3 is 49.2 Å². The number of aliphatic hydroxyl groups is 5. The van der Waals surface area contributed by atoms with Crippen LogP contribution in [-0.2, 0) is 39.9 Å². The fourth-order valence-electron chi connectivity index (χ4n) is 7.82. The lowest BCUT2D eigenvalue weighted by Gasteiger charge is -2.48. The highest BCUT2D eigenvalue weighted by molar-refractivity contribution is 5.83. The van der Waals surface area contributed by atoms with Gasteiger partial charge in [-0.05, 0) is 71.7 Å². The Kier molecular flexibility index (Phi) is 16.0. The minimum atomic E-state index is -1.95. The highest BCUT2D eigenvalue weighted by Crippen LogP contribution is 2.39. The van der Waals surface area contributed by atoms with Crippen molar-refractivity contribution in [2.24, 2.45) is 23.7 Å². The van der Waals surface area contributed by atoms with Gasteiger partial charge in [0.15, 0.2) is 12.1 Å². The van der Waals surface area contributed by atoms with Crippen LogP contribution in [0.2, 0.25) is 0 Å².